The molecule has 3 rings (SSSR count). The molecule has 118 valence electrons. The van der Waals surface area contributed by atoms with E-state index in [-0.39, 0.29) is 5.41 Å². The topological polar surface area (TPSA) is 3.24 Å². The fourth-order valence-corrected chi connectivity index (χ4v) is 3.56. The summed E-state index contributed by atoms with van der Waals surface area (Å²) in [5.41, 5.74) is 7.20. The summed E-state index contributed by atoms with van der Waals surface area (Å²) in [5, 5.41) is 0. The summed E-state index contributed by atoms with van der Waals surface area (Å²) in [6.07, 6.45) is 7.32. The van der Waals surface area contributed by atoms with Gasteiger partial charge in [0.2, 0.25) is 0 Å². The smallest absolute Gasteiger partial charge is 0.0481 e. The number of benzene rings is 1. The fourth-order valence-electron chi connectivity index (χ4n) is 3.56. The molecule has 0 unspecified atom stereocenters. The molecule has 0 saturated heterocycles. The molecular weight excluding hydrogens is 266 g/mol. The largest absolute Gasteiger partial charge is 0.341 e. The predicted molar refractivity (Wildman–Crippen MR) is 98.5 cm³/mol. The molecule has 1 heteroatoms. The maximum Gasteiger partial charge on any atom is 0.0481 e. The molecule has 2 aliphatic rings. The number of nitrogens with zero attached hydrogens (tertiary/aromatic N) is 1. The number of allylic oxidation sites excluding steroid dienone is 3. The molecule has 0 fully saturated rings. The molecule has 0 aliphatic carbocycles. The lowest BCUT2D eigenvalue weighted by atomic mass is 9.76. The van der Waals surface area contributed by atoms with Crippen molar-refractivity contribution < 1.29 is 0 Å². The SMILES string of the molecule is C=CC1=C(C=C)N2CCC(C)(C)c3cccc(c32)CC1.CC. The third-order valence-corrected chi connectivity index (χ3v) is 4.80. The molecule has 0 bridgehead atoms. The van der Waals surface area contributed by atoms with E-state index in [9.17, 15) is 0 Å². The summed E-state index contributed by atoms with van der Waals surface area (Å²) in [6, 6.07) is 6.79. The van der Waals surface area contributed by atoms with Crippen LogP contribution in [0.3, 0.4) is 0 Å². The van der Waals surface area contributed by atoms with Crippen molar-refractivity contribution in [2.24, 2.45) is 0 Å². The first-order valence-electron chi connectivity index (χ1n) is 8.46. The zero-order valence-corrected chi connectivity index (χ0v) is 14.6. The van der Waals surface area contributed by atoms with Crippen molar-refractivity contribution in [3.05, 3.63) is 65.9 Å². The van der Waals surface area contributed by atoms with Crippen LogP contribution in [0.5, 0.6) is 0 Å². The van der Waals surface area contributed by atoms with Gasteiger partial charge in [-0.05, 0) is 47.5 Å². The molecule has 1 aromatic rings. The van der Waals surface area contributed by atoms with Gasteiger partial charge >= 0.3 is 0 Å². The molecule has 1 nitrogen and oxygen atoms in total. The Kier molecular flexibility index (Phi) is 4.95. The number of para-hydroxylation sites is 1. The highest BCUT2D eigenvalue weighted by molar-refractivity contribution is 5.70. The van der Waals surface area contributed by atoms with Crippen molar-refractivity contribution in [1.82, 2.24) is 0 Å². The van der Waals surface area contributed by atoms with E-state index < -0.39 is 0 Å². The first-order chi connectivity index (χ1) is 10.6. The summed E-state index contributed by atoms with van der Waals surface area (Å²) in [6.45, 7) is 17.8. The second-order valence-electron chi connectivity index (χ2n) is 6.42. The van der Waals surface area contributed by atoms with E-state index in [4.69, 9.17) is 0 Å². The average molecular weight is 295 g/mol. The normalized spacial score (nSPS) is 18.6. The van der Waals surface area contributed by atoms with Gasteiger partial charge in [-0.15, -0.1) is 0 Å². The lowest BCUT2D eigenvalue weighted by Gasteiger charge is -2.41. The van der Waals surface area contributed by atoms with Gasteiger partial charge in [-0.3, -0.25) is 0 Å². The fraction of sp³-hybridized carbons (Fsp3) is 0.429. The van der Waals surface area contributed by atoms with Crippen molar-refractivity contribution in [1.29, 1.82) is 0 Å². The van der Waals surface area contributed by atoms with Gasteiger partial charge in [-0.25, -0.2) is 0 Å². The maximum absolute atomic E-state index is 4.04. The summed E-state index contributed by atoms with van der Waals surface area (Å²) >= 11 is 0. The Morgan fingerprint density at radius 2 is 1.82 bits per heavy atom. The number of aryl methyl sites for hydroxylation is 1. The molecule has 22 heavy (non-hydrogen) atoms. The molecule has 0 N–H and O–H groups in total. The van der Waals surface area contributed by atoms with E-state index in [2.05, 4.69) is 50.1 Å². The van der Waals surface area contributed by atoms with Crippen LogP contribution in [0.25, 0.3) is 0 Å². The first-order valence-corrected chi connectivity index (χ1v) is 8.46. The summed E-state index contributed by atoms with van der Waals surface area (Å²) < 4.78 is 0. The van der Waals surface area contributed by atoms with Crippen LogP contribution in [0.15, 0.2) is 54.8 Å². The molecule has 0 atom stereocenters. The second-order valence-corrected chi connectivity index (χ2v) is 6.42. The van der Waals surface area contributed by atoms with E-state index in [1.807, 2.05) is 26.0 Å². The van der Waals surface area contributed by atoms with Gasteiger partial charge in [0.25, 0.3) is 0 Å². The monoisotopic (exact) mass is 295 g/mol. The lowest BCUT2D eigenvalue weighted by molar-refractivity contribution is 0.463. The van der Waals surface area contributed by atoms with Gasteiger partial charge in [0.15, 0.2) is 0 Å². The number of anilines is 1. The van der Waals surface area contributed by atoms with E-state index in [1.165, 1.54) is 34.5 Å². The molecular formula is C21H29N. The third kappa shape index (κ3) is 2.65. The zero-order valence-electron chi connectivity index (χ0n) is 14.6. The van der Waals surface area contributed by atoms with E-state index >= 15 is 0 Å². The van der Waals surface area contributed by atoms with Crippen molar-refractivity contribution in [3.63, 3.8) is 0 Å². The Morgan fingerprint density at radius 3 is 2.45 bits per heavy atom. The molecule has 1 aromatic carbocycles. The van der Waals surface area contributed by atoms with Gasteiger partial charge in [-0.2, -0.15) is 0 Å². The van der Waals surface area contributed by atoms with Crippen LogP contribution in [-0.4, -0.2) is 6.54 Å². The van der Waals surface area contributed by atoms with Crippen molar-refractivity contribution in [2.45, 2.75) is 52.4 Å². The van der Waals surface area contributed by atoms with E-state index in [0.717, 1.165) is 19.4 Å². The summed E-state index contributed by atoms with van der Waals surface area (Å²) in [4.78, 5) is 2.47. The van der Waals surface area contributed by atoms with Gasteiger partial charge in [0.1, 0.15) is 0 Å². The maximum atomic E-state index is 4.04. The van der Waals surface area contributed by atoms with E-state index in [1.54, 1.807) is 0 Å². The highest BCUT2D eigenvalue weighted by Gasteiger charge is 2.34. The quantitative estimate of drug-likeness (QED) is 0.669. The molecule has 0 radical (unpaired) electrons. The second kappa shape index (κ2) is 6.56. The van der Waals surface area contributed by atoms with Crippen LogP contribution in [0.1, 0.15) is 51.7 Å². The Bertz CT molecular complexity index is 604. The van der Waals surface area contributed by atoms with Crippen LogP contribution in [-0.2, 0) is 11.8 Å². The van der Waals surface area contributed by atoms with Gasteiger partial charge in [0, 0.05) is 17.9 Å². The minimum Gasteiger partial charge on any atom is -0.341 e. The number of hydrogen-bond donors (Lipinski definition) is 0. The zero-order chi connectivity index (χ0) is 16.3. The van der Waals surface area contributed by atoms with Gasteiger partial charge < -0.3 is 4.90 Å². The Morgan fingerprint density at radius 1 is 1.09 bits per heavy atom. The van der Waals surface area contributed by atoms with E-state index in [0.29, 0.717) is 0 Å². The van der Waals surface area contributed by atoms with Crippen LogP contribution in [0.2, 0.25) is 0 Å². The predicted octanol–water partition coefficient (Wildman–Crippen LogP) is 5.77. The molecule has 0 saturated carbocycles. The van der Waals surface area contributed by atoms with Crippen LogP contribution >= 0.6 is 0 Å². The minimum atomic E-state index is 0.257. The first kappa shape index (κ1) is 16.6. The number of hydrogen-bond acceptors (Lipinski definition) is 1. The number of rotatable bonds is 2. The van der Waals surface area contributed by atoms with Crippen molar-refractivity contribution >= 4 is 5.69 Å². The molecule has 2 heterocycles. The molecule has 0 amide bonds. The Labute approximate surface area is 136 Å². The molecule has 2 aliphatic heterocycles. The van der Waals surface area contributed by atoms with Crippen molar-refractivity contribution in [2.75, 3.05) is 11.4 Å². The molecule has 0 aromatic heterocycles. The lowest BCUT2D eigenvalue weighted by Crippen LogP contribution is -2.37. The summed E-state index contributed by atoms with van der Waals surface area (Å²) in [5.74, 6) is 0. The minimum absolute atomic E-state index is 0.257. The average Bonchev–Trinajstić information content (AvgIpc) is 2.70. The Balaban J connectivity index is 0.000000847. The van der Waals surface area contributed by atoms with Gasteiger partial charge in [0.05, 0.1) is 0 Å². The molecule has 0 spiro atoms. The van der Waals surface area contributed by atoms with Crippen LogP contribution in [0.4, 0.5) is 5.69 Å². The van der Waals surface area contributed by atoms with Gasteiger partial charge in [-0.1, -0.05) is 65.1 Å². The summed E-state index contributed by atoms with van der Waals surface area (Å²) in [7, 11) is 0. The highest BCUT2D eigenvalue weighted by atomic mass is 15.2. The Hall–Kier alpha value is -1.76. The third-order valence-electron chi connectivity index (χ3n) is 4.80. The van der Waals surface area contributed by atoms with Crippen LogP contribution < -0.4 is 4.90 Å². The van der Waals surface area contributed by atoms with Crippen LogP contribution in [0, 0.1) is 0 Å². The highest BCUT2D eigenvalue weighted by Crippen LogP contribution is 2.45. The standard InChI is InChI=1S/C19H23N.C2H6/c1-5-14-10-11-15-8-7-9-16-18(15)20(17(14)6-2)13-12-19(16,3)4;1-2/h5-9H,1-2,10-13H2,3-4H3;1-2H3. The van der Waals surface area contributed by atoms with Crippen molar-refractivity contribution in [3.8, 4) is 0 Å².